The molecule has 7 heteroatoms. The van der Waals surface area contributed by atoms with Gasteiger partial charge in [0.25, 0.3) is 5.91 Å². The molecule has 0 bridgehead atoms. The van der Waals surface area contributed by atoms with Gasteiger partial charge < -0.3 is 20.1 Å². The van der Waals surface area contributed by atoms with E-state index in [0.717, 1.165) is 61.5 Å². The van der Waals surface area contributed by atoms with Crippen molar-refractivity contribution in [3.8, 4) is 11.1 Å². The zero-order valence-electron chi connectivity index (χ0n) is 22.6. The number of anilines is 1. The number of rotatable bonds is 6. The van der Waals surface area contributed by atoms with Crippen LogP contribution in [0.5, 0.6) is 0 Å². The molecule has 6 nitrogen and oxygen atoms in total. The van der Waals surface area contributed by atoms with Crippen molar-refractivity contribution in [3.63, 3.8) is 0 Å². The molecule has 1 aromatic heterocycles. The first-order valence-corrected chi connectivity index (χ1v) is 14.0. The molecule has 3 aliphatic heterocycles. The van der Waals surface area contributed by atoms with Crippen molar-refractivity contribution in [3.05, 3.63) is 76.4 Å². The number of nitrogens with zero attached hydrogens (tertiary/aromatic N) is 2. The Hall–Kier alpha value is -3.71. The fourth-order valence-electron chi connectivity index (χ4n) is 6.53. The number of halogens is 1. The van der Waals surface area contributed by atoms with Crippen LogP contribution in [-0.4, -0.2) is 58.8 Å². The van der Waals surface area contributed by atoms with E-state index in [1.54, 1.807) is 18.2 Å². The number of nitrogens with one attached hydrogen (secondary N) is 2. The number of likely N-dealkylation sites (tertiary alicyclic amines) is 2. The number of amides is 2. The molecule has 6 rings (SSSR count). The molecule has 2 saturated heterocycles. The average Bonchev–Trinajstić information content (AvgIpc) is 3.71. The van der Waals surface area contributed by atoms with Gasteiger partial charge in [0.15, 0.2) is 0 Å². The normalized spacial score (nSPS) is 20.2. The third-order valence-electron chi connectivity index (χ3n) is 8.60. The van der Waals surface area contributed by atoms with E-state index in [4.69, 9.17) is 0 Å². The Morgan fingerprint density at radius 2 is 1.79 bits per heavy atom. The van der Waals surface area contributed by atoms with Crippen molar-refractivity contribution in [2.75, 3.05) is 31.5 Å². The van der Waals surface area contributed by atoms with Crippen LogP contribution in [0.2, 0.25) is 0 Å². The number of carbonyl (C=O) groups excluding carboxylic acids is 2. The first kappa shape index (κ1) is 25.6. The van der Waals surface area contributed by atoms with Crippen LogP contribution in [0.4, 0.5) is 10.1 Å². The van der Waals surface area contributed by atoms with Crippen LogP contribution >= 0.6 is 0 Å². The van der Waals surface area contributed by atoms with Gasteiger partial charge in [-0.05, 0) is 87.5 Å². The summed E-state index contributed by atoms with van der Waals surface area (Å²) in [5, 5.41) is 2.93. The number of H-pyrrole nitrogens is 1. The second-order valence-corrected chi connectivity index (χ2v) is 11.1. The number of hydrogen-bond acceptors (Lipinski definition) is 3. The summed E-state index contributed by atoms with van der Waals surface area (Å²) in [6.07, 6.45) is 6.83. The van der Waals surface area contributed by atoms with Crippen molar-refractivity contribution in [1.29, 1.82) is 0 Å². The molecule has 3 aliphatic rings. The molecule has 2 N–H and O–H groups in total. The third-order valence-corrected chi connectivity index (χ3v) is 8.60. The van der Waals surface area contributed by atoms with Gasteiger partial charge in [-0.15, -0.1) is 0 Å². The van der Waals surface area contributed by atoms with E-state index >= 15 is 0 Å². The maximum Gasteiger partial charge on any atom is 0.256 e. The van der Waals surface area contributed by atoms with Crippen LogP contribution in [0.3, 0.4) is 0 Å². The molecule has 2 fully saturated rings. The van der Waals surface area contributed by atoms with Gasteiger partial charge in [0.05, 0.1) is 12.0 Å². The summed E-state index contributed by atoms with van der Waals surface area (Å²) in [7, 11) is 0. The quantitative estimate of drug-likeness (QED) is 0.413. The van der Waals surface area contributed by atoms with E-state index in [0.29, 0.717) is 40.4 Å². The minimum Gasteiger partial charge on any atom is -0.359 e. The Morgan fingerprint density at radius 3 is 2.59 bits per heavy atom. The van der Waals surface area contributed by atoms with Crippen LogP contribution in [0.1, 0.15) is 53.8 Å². The molecule has 4 heterocycles. The molecule has 1 unspecified atom stereocenters. The minimum atomic E-state index is -0.331. The predicted octanol–water partition coefficient (Wildman–Crippen LogP) is 5.56. The first-order chi connectivity index (χ1) is 18.9. The molecule has 2 aromatic carbocycles. The first-order valence-electron chi connectivity index (χ1n) is 14.0. The van der Waals surface area contributed by atoms with Gasteiger partial charge in [-0.3, -0.25) is 9.59 Å². The highest BCUT2D eigenvalue weighted by Gasteiger charge is 2.32. The lowest BCUT2D eigenvalue weighted by Gasteiger charge is -2.28. The van der Waals surface area contributed by atoms with Gasteiger partial charge in [0.1, 0.15) is 5.82 Å². The summed E-state index contributed by atoms with van der Waals surface area (Å²) in [6, 6.07) is 12.4. The molecule has 0 spiro atoms. The summed E-state index contributed by atoms with van der Waals surface area (Å²) >= 11 is 0. The average molecular weight is 527 g/mol. The molecule has 39 heavy (non-hydrogen) atoms. The fraction of sp³-hybridized carbons (Fsp3) is 0.375. The third kappa shape index (κ3) is 4.80. The zero-order chi connectivity index (χ0) is 27.1. The maximum absolute atomic E-state index is 14.7. The Kier molecular flexibility index (Phi) is 6.85. The van der Waals surface area contributed by atoms with Crippen molar-refractivity contribution >= 4 is 29.2 Å². The standard InChI is InChI=1S/C32H35FN4O2/c1-20-25(18-30(38)37-16-8-9-22(37)19-36-14-5-6-15-36)21(2)34-29(20)17-26-31-24(23-10-3-4-12-27(23)33)11-7-13-28(31)35-32(26)39/h3-4,7,10-13,17,22,34H,5-6,8-9,14-16,18-19H2,1-2H3,(H,35,39)/b26-17-. The number of aromatic amines is 1. The number of aromatic nitrogens is 1. The molecule has 0 aliphatic carbocycles. The molecule has 0 radical (unpaired) electrons. The van der Waals surface area contributed by atoms with Gasteiger partial charge >= 0.3 is 0 Å². The largest absolute Gasteiger partial charge is 0.359 e. The van der Waals surface area contributed by atoms with Gasteiger partial charge in [0, 0.05) is 47.3 Å². The highest BCUT2D eigenvalue weighted by atomic mass is 19.1. The van der Waals surface area contributed by atoms with Crippen molar-refractivity contribution < 1.29 is 14.0 Å². The van der Waals surface area contributed by atoms with Crippen LogP contribution < -0.4 is 5.32 Å². The van der Waals surface area contributed by atoms with Crippen LogP contribution in [0, 0.1) is 19.7 Å². The second-order valence-electron chi connectivity index (χ2n) is 11.1. The number of benzene rings is 2. The van der Waals surface area contributed by atoms with Gasteiger partial charge in [-0.1, -0.05) is 30.3 Å². The van der Waals surface area contributed by atoms with E-state index in [1.807, 2.05) is 38.1 Å². The Bertz CT molecular complexity index is 1470. The number of aryl methyl sites for hydroxylation is 1. The van der Waals surface area contributed by atoms with Gasteiger partial charge in [-0.2, -0.15) is 0 Å². The summed E-state index contributed by atoms with van der Waals surface area (Å²) in [6.45, 7) is 8.07. The summed E-state index contributed by atoms with van der Waals surface area (Å²) in [5.41, 5.74) is 6.65. The van der Waals surface area contributed by atoms with Crippen LogP contribution in [0.25, 0.3) is 22.8 Å². The van der Waals surface area contributed by atoms with Crippen molar-refractivity contribution in [2.45, 2.75) is 52.0 Å². The lowest BCUT2D eigenvalue weighted by atomic mass is 9.93. The molecular weight excluding hydrogens is 491 g/mol. The molecule has 3 aromatic rings. The summed E-state index contributed by atoms with van der Waals surface area (Å²) < 4.78 is 14.7. The van der Waals surface area contributed by atoms with Crippen molar-refractivity contribution in [1.82, 2.24) is 14.8 Å². The SMILES string of the molecule is Cc1[nH]c(/C=C2\C(=O)Nc3cccc(-c4ccccc4F)c32)c(C)c1CC(=O)N1CCCC1CN1CCCC1. The number of fused-ring (bicyclic) bond motifs is 1. The monoisotopic (exact) mass is 526 g/mol. The summed E-state index contributed by atoms with van der Waals surface area (Å²) in [4.78, 5) is 34.6. The van der Waals surface area contributed by atoms with E-state index in [2.05, 4.69) is 20.1 Å². The van der Waals surface area contributed by atoms with Gasteiger partial charge in [0.2, 0.25) is 5.91 Å². The highest BCUT2D eigenvalue weighted by Crippen LogP contribution is 2.41. The lowest BCUT2D eigenvalue weighted by Crippen LogP contribution is -2.43. The molecule has 1 atom stereocenters. The predicted molar refractivity (Wildman–Crippen MR) is 153 cm³/mol. The highest BCUT2D eigenvalue weighted by molar-refractivity contribution is 6.36. The van der Waals surface area contributed by atoms with Crippen LogP contribution in [-0.2, 0) is 16.0 Å². The second kappa shape index (κ2) is 10.5. The van der Waals surface area contributed by atoms with E-state index in [9.17, 15) is 14.0 Å². The number of hydrogen-bond donors (Lipinski definition) is 2. The number of carbonyl (C=O) groups is 2. The van der Waals surface area contributed by atoms with Crippen molar-refractivity contribution in [2.24, 2.45) is 0 Å². The lowest BCUT2D eigenvalue weighted by molar-refractivity contribution is -0.131. The Balaban J connectivity index is 1.28. The molecule has 2 amide bonds. The Labute approximate surface area is 228 Å². The zero-order valence-corrected chi connectivity index (χ0v) is 22.6. The summed E-state index contributed by atoms with van der Waals surface area (Å²) in [5.74, 6) is -0.381. The fourth-order valence-corrected chi connectivity index (χ4v) is 6.53. The smallest absolute Gasteiger partial charge is 0.256 e. The van der Waals surface area contributed by atoms with E-state index in [-0.39, 0.29) is 17.6 Å². The molecule has 202 valence electrons. The molecule has 0 saturated carbocycles. The molecular formula is C32H35FN4O2. The van der Waals surface area contributed by atoms with E-state index < -0.39 is 0 Å². The minimum absolute atomic E-state index is 0.173. The van der Waals surface area contributed by atoms with Gasteiger partial charge in [-0.25, -0.2) is 4.39 Å². The van der Waals surface area contributed by atoms with E-state index in [1.165, 1.54) is 18.9 Å². The maximum atomic E-state index is 14.7. The topological polar surface area (TPSA) is 68.4 Å². The Morgan fingerprint density at radius 1 is 1.03 bits per heavy atom. The van der Waals surface area contributed by atoms with Crippen LogP contribution in [0.15, 0.2) is 42.5 Å².